The summed E-state index contributed by atoms with van der Waals surface area (Å²) in [6, 6.07) is 11.2. The van der Waals surface area contributed by atoms with Crippen molar-refractivity contribution in [2.24, 2.45) is 0 Å². The summed E-state index contributed by atoms with van der Waals surface area (Å²) in [6.45, 7) is 2.20. The van der Waals surface area contributed by atoms with E-state index in [0.29, 0.717) is 5.76 Å². The molecule has 6 heteroatoms. The Morgan fingerprint density at radius 2 is 2.12 bits per heavy atom. The van der Waals surface area contributed by atoms with Gasteiger partial charge in [-0.05, 0) is 42.8 Å². The van der Waals surface area contributed by atoms with Gasteiger partial charge in [0.15, 0.2) is 0 Å². The lowest BCUT2D eigenvalue weighted by atomic mass is 10.1. The first-order chi connectivity index (χ1) is 11.5. The zero-order valence-electron chi connectivity index (χ0n) is 13.3. The fourth-order valence-corrected chi connectivity index (χ4v) is 2.49. The van der Waals surface area contributed by atoms with Crippen LogP contribution in [0.1, 0.15) is 30.7 Å². The van der Waals surface area contributed by atoms with E-state index < -0.39 is 0 Å². The van der Waals surface area contributed by atoms with Crippen LogP contribution in [0.2, 0.25) is 0 Å². The highest BCUT2D eigenvalue weighted by molar-refractivity contribution is 9.10. The van der Waals surface area contributed by atoms with Crippen molar-refractivity contribution in [2.75, 3.05) is 6.54 Å². The van der Waals surface area contributed by atoms with E-state index in [1.807, 2.05) is 31.2 Å². The van der Waals surface area contributed by atoms with Gasteiger partial charge in [-0.15, -0.1) is 0 Å². The van der Waals surface area contributed by atoms with E-state index >= 15 is 0 Å². The van der Waals surface area contributed by atoms with Crippen LogP contribution in [-0.4, -0.2) is 18.4 Å². The third kappa shape index (κ3) is 6.04. The average Bonchev–Trinajstić information content (AvgIpc) is 3.06. The number of benzene rings is 1. The molecule has 24 heavy (non-hydrogen) atoms. The van der Waals surface area contributed by atoms with Crippen molar-refractivity contribution >= 4 is 33.8 Å². The number of rotatable bonds is 7. The Kier molecular flexibility index (Phi) is 6.81. The van der Waals surface area contributed by atoms with Crippen molar-refractivity contribution in [1.82, 2.24) is 10.6 Å². The van der Waals surface area contributed by atoms with E-state index in [-0.39, 0.29) is 30.8 Å². The average molecular weight is 391 g/mol. The maximum atomic E-state index is 11.9. The molecule has 2 amide bonds. The minimum Gasteiger partial charge on any atom is -0.465 e. The lowest BCUT2D eigenvalue weighted by molar-refractivity contribution is -0.121. The molecule has 0 saturated heterocycles. The van der Waals surface area contributed by atoms with Gasteiger partial charge in [0, 0.05) is 23.5 Å². The van der Waals surface area contributed by atoms with Crippen LogP contribution < -0.4 is 10.6 Å². The molecule has 1 heterocycles. The molecule has 2 rings (SSSR count). The highest BCUT2D eigenvalue weighted by atomic mass is 79.9. The molecule has 0 bridgehead atoms. The van der Waals surface area contributed by atoms with Crippen LogP contribution in [0.15, 0.2) is 57.6 Å². The first-order valence-corrected chi connectivity index (χ1v) is 8.38. The first-order valence-electron chi connectivity index (χ1n) is 7.59. The fraction of sp³-hybridized carbons (Fsp3) is 0.222. The quantitative estimate of drug-likeness (QED) is 0.711. The van der Waals surface area contributed by atoms with Gasteiger partial charge in [-0.25, -0.2) is 0 Å². The number of hydrogen-bond donors (Lipinski definition) is 2. The van der Waals surface area contributed by atoms with E-state index in [1.54, 1.807) is 18.2 Å². The van der Waals surface area contributed by atoms with Gasteiger partial charge in [-0.1, -0.05) is 28.1 Å². The van der Waals surface area contributed by atoms with Crippen LogP contribution >= 0.6 is 15.9 Å². The first kappa shape index (κ1) is 18.0. The molecule has 0 aliphatic heterocycles. The summed E-state index contributed by atoms with van der Waals surface area (Å²) in [7, 11) is 0. The summed E-state index contributed by atoms with van der Waals surface area (Å²) >= 11 is 3.41. The second-order valence-corrected chi connectivity index (χ2v) is 6.15. The molecular formula is C18H19BrN2O3. The summed E-state index contributed by atoms with van der Waals surface area (Å²) in [5, 5.41) is 5.57. The molecule has 5 nitrogen and oxygen atoms in total. The Hall–Kier alpha value is -2.34. The van der Waals surface area contributed by atoms with E-state index in [0.717, 1.165) is 10.0 Å². The third-order valence-corrected chi connectivity index (χ3v) is 3.81. The van der Waals surface area contributed by atoms with Gasteiger partial charge in [-0.2, -0.15) is 0 Å². The second kappa shape index (κ2) is 9.08. The van der Waals surface area contributed by atoms with Crippen molar-refractivity contribution in [3.8, 4) is 0 Å². The fourth-order valence-electron chi connectivity index (χ4n) is 2.07. The molecule has 1 unspecified atom stereocenters. The molecule has 0 aliphatic carbocycles. The van der Waals surface area contributed by atoms with Gasteiger partial charge < -0.3 is 15.1 Å². The minimum atomic E-state index is -0.265. The summed E-state index contributed by atoms with van der Waals surface area (Å²) in [5.41, 5.74) is 1.02. The summed E-state index contributed by atoms with van der Waals surface area (Å²) in [6.07, 6.45) is 4.71. The zero-order valence-corrected chi connectivity index (χ0v) is 14.9. The Morgan fingerprint density at radius 3 is 2.83 bits per heavy atom. The highest BCUT2D eigenvalue weighted by Gasteiger charge is 2.09. The van der Waals surface area contributed by atoms with Crippen LogP contribution in [0.25, 0.3) is 6.08 Å². The van der Waals surface area contributed by atoms with Crippen molar-refractivity contribution in [1.29, 1.82) is 0 Å². The lowest BCUT2D eigenvalue weighted by Crippen LogP contribution is -2.31. The van der Waals surface area contributed by atoms with Gasteiger partial charge in [0.25, 0.3) is 0 Å². The molecule has 0 saturated carbocycles. The van der Waals surface area contributed by atoms with Crippen molar-refractivity contribution in [3.05, 3.63) is 64.5 Å². The normalized spacial score (nSPS) is 12.1. The van der Waals surface area contributed by atoms with Crippen molar-refractivity contribution in [3.63, 3.8) is 0 Å². The molecular weight excluding hydrogens is 372 g/mol. The van der Waals surface area contributed by atoms with Gasteiger partial charge >= 0.3 is 0 Å². The van der Waals surface area contributed by atoms with Crippen molar-refractivity contribution < 1.29 is 14.0 Å². The Balaban J connectivity index is 1.70. The summed E-state index contributed by atoms with van der Waals surface area (Å²) in [5.74, 6) is 0.225. The smallest absolute Gasteiger partial charge is 0.244 e. The van der Waals surface area contributed by atoms with E-state index in [4.69, 9.17) is 4.42 Å². The third-order valence-electron chi connectivity index (χ3n) is 3.32. The zero-order chi connectivity index (χ0) is 17.4. The number of halogens is 1. The molecule has 2 N–H and O–H groups in total. The second-order valence-electron chi connectivity index (χ2n) is 5.23. The number of carbonyl (C=O) groups excluding carboxylic acids is 2. The highest BCUT2D eigenvalue weighted by Crippen LogP contribution is 2.17. The molecule has 1 atom stereocenters. The SMILES string of the molecule is CC(NC(=O)CCNC(=O)/C=C/c1ccco1)c1cccc(Br)c1. The van der Waals surface area contributed by atoms with Gasteiger partial charge in [-0.3, -0.25) is 9.59 Å². The van der Waals surface area contributed by atoms with E-state index in [2.05, 4.69) is 26.6 Å². The van der Waals surface area contributed by atoms with Crippen LogP contribution in [0.4, 0.5) is 0 Å². The van der Waals surface area contributed by atoms with E-state index in [9.17, 15) is 9.59 Å². The number of carbonyl (C=O) groups is 2. The number of hydrogen-bond acceptors (Lipinski definition) is 3. The Labute approximate surface area is 149 Å². The predicted molar refractivity (Wildman–Crippen MR) is 96.1 cm³/mol. The van der Waals surface area contributed by atoms with Gasteiger partial charge in [0.2, 0.25) is 11.8 Å². The van der Waals surface area contributed by atoms with Crippen LogP contribution in [-0.2, 0) is 9.59 Å². The molecule has 2 aromatic rings. The number of amides is 2. The number of furan rings is 1. The molecule has 0 spiro atoms. The van der Waals surface area contributed by atoms with Crippen LogP contribution in [0.3, 0.4) is 0 Å². The molecule has 126 valence electrons. The maximum Gasteiger partial charge on any atom is 0.244 e. The predicted octanol–water partition coefficient (Wildman–Crippen LogP) is 3.44. The molecule has 0 aliphatic rings. The molecule has 0 radical (unpaired) electrons. The monoisotopic (exact) mass is 390 g/mol. The van der Waals surface area contributed by atoms with E-state index in [1.165, 1.54) is 12.3 Å². The van der Waals surface area contributed by atoms with Gasteiger partial charge in [0.1, 0.15) is 5.76 Å². The minimum absolute atomic E-state index is 0.0930. The standard InChI is InChI=1S/C18H19BrN2O3/c1-13(14-4-2-5-15(19)12-14)21-18(23)9-10-20-17(22)8-7-16-6-3-11-24-16/h2-8,11-13H,9-10H2,1H3,(H,20,22)(H,21,23)/b8-7+. The lowest BCUT2D eigenvalue weighted by Gasteiger charge is -2.14. The topological polar surface area (TPSA) is 71.3 Å². The number of nitrogens with one attached hydrogen (secondary N) is 2. The summed E-state index contributed by atoms with van der Waals surface area (Å²) < 4.78 is 6.06. The van der Waals surface area contributed by atoms with Crippen LogP contribution in [0, 0.1) is 0 Å². The Bertz CT molecular complexity index is 711. The van der Waals surface area contributed by atoms with Crippen LogP contribution in [0.5, 0.6) is 0 Å². The molecule has 1 aromatic heterocycles. The molecule has 1 aromatic carbocycles. The summed E-state index contributed by atoms with van der Waals surface area (Å²) in [4.78, 5) is 23.6. The van der Waals surface area contributed by atoms with Crippen molar-refractivity contribution in [2.45, 2.75) is 19.4 Å². The molecule has 0 fully saturated rings. The largest absolute Gasteiger partial charge is 0.465 e. The van der Waals surface area contributed by atoms with Gasteiger partial charge in [0.05, 0.1) is 12.3 Å². The Morgan fingerprint density at radius 1 is 1.29 bits per heavy atom. The maximum absolute atomic E-state index is 11.9.